The summed E-state index contributed by atoms with van der Waals surface area (Å²) in [7, 11) is 0. The molecule has 0 amide bonds. The first kappa shape index (κ1) is 29.0. The van der Waals surface area contributed by atoms with E-state index in [2.05, 4.69) is 24.8 Å². The summed E-state index contributed by atoms with van der Waals surface area (Å²) in [6, 6.07) is 7.04. The van der Waals surface area contributed by atoms with E-state index in [1.807, 2.05) is 13.8 Å². The molecule has 0 unspecified atom stereocenters. The van der Waals surface area contributed by atoms with Crippen molar-refractivity contribution in [3.8, 4) is 11.4 Å². The first-order valence-electron chi connectivity index (χ1n) is 13.2. The number of nitrogens with zero attached hydrogens (tertiary/aromatic N) is 7. The summed E-state index contributed by atoms with van der Waals surface area (Å²) in [5.74, 6) is 0.594. The minimum atomic E-state index is -4.54. The van der Waals surface area contributed by atoms with E-state index in [1.165, 1.54) is 24.4 Å². The van der Waals surface area contributed by atoms with Crippen LogP contribution in [0.25, 0.3) is 11.4 Å². The zero-order chi connectivity index (χ0) is 29.4. The van der Waals surface area contributed by atoms with Gasteiger partial charge in [-0.2, -0.15) is 36.3 Å². The van der Waals surface area contributed by atoms with Gasteiger partial charge < -0.3 is 14.5 Å². The summed E-state index contributed by atoms with van der Waals surface area (Å²) in [5, 5.41) is 0. The number of hydrogen-bond donors (Lipinski definition) is 0. The van der Waals surface area contributed by atoms with E-state index in [1.54, 1.807) is 9.80 Å². The normalized spacial score (nSPS) is 20.9. The van der Waals surface area contributed by atoms with Crippen LogP contribution in [0, 0.1) is 0 Å². The molecule has 0 bridgehead atoms. The Morgan fingerprint density at radius 1 is 0.829 bits per heavy atom. The lowest BCUT2D eigenvalue weighted by molar-refractivity contribution is -0.138. The van der Waals surface area contributed by atoms with Crippen LogP contribution in [0.5, 0.6) is 0 Å². The van der Waals surface area contributed by atoms with E-state index in [-0.39, 0.29) is 61.5 Å². The molecule has 2 fully saturated rings. The second-order valence-corrected chi connectivity index (χ2v) is 10.3. The molecule has 3 aromatic rings. The second kappa shape index (κ2) is 11.4. The maximum absolute atomic E-state index is 13.6. The molecule has 0 N–H and O–H groups in total. The zero-order valence-electron chi connectivity index (χ0n) is 22.5. The third-order valence-corrected chi connectivity index (χ3v) is 6.93. The fraction of sp³-hybridized carbons (Fsp3) is 0.481. The lowest BCUT2D eigenvalue weighted by Gasteiger charge is -2.37. The van der Waals surface area contributed by atoms with Crippen molar-refractivity contribution in [2.75, 3.05) is 49.1 Å². The van der Waals surface area contributed by atoms with Crippen LogP contribution in [0.3, 0.4) is 0 Å². The quantitative estimate of drug-likeness (QED) is 0.394. The Labute approximate surface area is 233 Å². The number of hydrogen-bond acceptors (Lipinski definition) is 8. The van der Waals surface area contributed by atoms with E-state index < -0.39 is 23.5 Å². The van der Waals surface area contributed by atoms with Crippen molar-refractivity contribution in [3.63, 3.8) is 0 Å². The molecule has 5 rings (SSSR count). The largest absolute Gasteiger partial charge is 0.419 e. The molecule has 2 saturated heterocycles. The smallest absolute Gasteiger partial charge is 0.373 e. The summed E-state index contributed by atoms with van der Waals surface area (Å²) in [6.45, 7) is 6.53. The summed E-state index contributed by atoms with van der Waals surface area (Å²) < 4.78 is 86.8. The molecular weight excluding hydrogens is 552 g/mol. The number of alkyl halides is 6. The number of morpholine rings is 1. The molecule has 0 aliphatic carbocycles. The number of piperazine rings is 1. The Balaban J connectivity index is 1.43. The average molecular weight is 582 g/mol. The Bertz CT molecular complexity index is 1350. The maximum atomic E-state index is 13.6. The number of anilines is 2. The molecule has 41 heavy (non-hydrogen) atoms. The van der Waals surface area contributed by atoms with Crippen molar-refractivity contribution < 1.29 is 31.1 Å². The van der Waals surface area contributed by atoms with Crippen LogP contribution in [-0.2, 0) is 23.6 Å². The highest BCUT2D eigenvalue weighted by atomic mass is 19.4. The molecule has 4 heterocycles. The lowest BCUT2D eigenvalue weighted by atomic mass is 10.1. The molecule has 0 radical (unpaired) electrons. The summed E-state index contributed by atoms with van der Waals surface area (Å²) in [5.41, 5.74) is -1.44. The van der Waals surface area contributed by atoms with Gasteiger partial charge in [-0.3, -0.25) is 4.90 Å². The summed E-state index contributed by atoms with van der Waals surface area (Å²) >= 11 is 0. The van der Waals surface area contributed by atoms with Gasteiger partial charge in [-0.05, 0) is 38.1 Å². The Morgan fingerprint density at radius 2 is 1.51 bits per heavy atom. The van der Waals surface area contributed by atoms with Crippen LogP contribution >= 0.6 is 0 Å². The molecule has 0 saturated carbocycles. The van der Waals surface area contributed by atoms with Crippen LogP contribution in [-0.4, -0.2) is 76.3 Å². The number of rotatable bonds is 5. The van der Waals surface area contributed by atoms with Crippen molar-refractivity contribution in [1.82, 2.24) is 24.8 Å². The molecule has 2 aliphatic heterocycles. The predicted octanol–water partition coefficient (Wildman–Crippen LogP) is 4.91. The topological polar surface area (TPSA) is 70.5 Å². The van der Waals surface area contributed by atoms with Gasteiger partial charge >= 0.3 is 12.4 Å². The maximum Gasteiger partial charge on any atom is 0.419 e. The lowest BCUT2D eigenvalue weighted by Crippen LogP contribution is -2.48. The van der Waals surface area contributed by atoms with Gasteiger partial charge in [0.25, 0.3) is 0 Å². The molecule has 8 nitrogen and oxygen atoms in total. The fourth-order valence-corrected chi connectivity index (χ4v) is 5.19. The monoisotopic (exact) mass is 581 g/mol. The SMILES string of the molecule is C[C@@H]1CN(Cc2nc(-c3cccc(C(F)(F)F)c3)nc(N3CCN(c4ncccc4C(F)(F)F)CC3)n2)C[C@H](C)O1. The van der Waals surface area contributed by atoms with E-state index in [9.17, 15) is 26.3 Å². The van der Waals surface area contributed by atoms with Gasteiger partial charge in [-0.15, -0.1) is 0 Å². The van der Waals surface area contributed by atoms with Crippen LogP contribution in [0.15, 0.2) is 42.6 Å². The molecule has 0 spiro atoms. The number of pyridine rings is 1. The highest BCUT2D eigenvalue weighted by molar-refractivity contribution is 5.58. The number of aromatic nitrogens is 4. The number of ether oxygens (including phenoxy) is 1. The van der Waals surface area contributed by atoms with Crippen molar-refractivity contribution in [2.45, 2.75) is 45.0 Å². The zero-order valence-corrected chi connectivity index (χ0v) is 22.5. The molecule has 1 aromatic carbocycles. The van der Waals surface area contributed by atoms with Gasteiger partial charge in [0.2, 0.25) is 5.95 Å². The number of halogens is 6. The van der Waals surface area contributed by atoms with Gasteiger partial charge in [0, 0.05) is 51.0 Å². The molecule has 220 valence electrons. The van der Waals surface area contributed by atoms with E-state index in [0.717, 1.165) is 18.2 Å². The van der Waals surface area contributed by atoms with Gasteiger partial charge in [0.15, 0.2) is 5.82 Å². The highest BCUT2D eigenvalue weighted by Crippen LogP contribution is 2.36. The first-order valence-corrected chi connectivity index (χ1v) is 13.2. The Kier molecular flexibility index (Phi) is 8.06. The Hall–Kier alpha value is -3.52. The van der Waals surface area contributed by atoms with Crippen LogP contribution < -0.4 is 9.80 Å². The third kappa shape index (κ3) is 6.87. The van der Waals surface area contributed by atoms with Gasteiger partial charge in [0.1, 0.15) is 11.6 Å². The van der Waals surface area contributed by atoms with Crippen molar-refractivity contribution in [2.24, 2.45) is 0 Å². The third-order valence-electron chi connectivity index (χ3n) is 6.93. The molecule has 14 heteroatoms. The Morgan fingerprint density at radius 3 is 2.17 bits per heavy atom. The minimum absolute atomic E-state index is 0.00995. The van der Waals surface area contributed by atoms with Crippen LogP contribution in [0.2, 0.25) is 0 Å². The van der Waals surface area contributed by atoms with E-state index >= 15 is 0 Å². The first-order chi connectivity index (χ1) is 19.4. The van der Waals surface area contributed by atoms with Crippen LogP contribution in [0.1, 0.15) is 30.8 Å². The summed E-state index contributed by atoms with van der Waals surface area (Å²) in [4.78, 5) is 23.1. The van der Waals surface area contributed by atoms with E-state index in [0.29, 0.717) is 25.5 Å². The van der Waals surface area contributed by atoms with Crippen LogP contribution in [0.4, 0.5) is 38.1 Å². The van der Waals surface area contributed by atoms with E-state index in [4.69, 9.17) is 4.74 Å². The van der Waals surface area contributed by atoms with Crippen molar-refractivity contribution in [3.05, 3.63) is 59.5 Å². The average Bonchev–Trinajstić information content (AvgIpc) is 2.91. The highest BCUT2D eigenvalue weighted by Gasteiger charge is 2.36. The van der Waals surface area contributed by atoms with Crippen molar-refractivity contribution >= 4 is 11.8 Å². The fourth-order valence-electron chi connectivity index (χ4n) is 5.19. The van der Waals surface area contributed by atoms with Gasteiger partial charge in [-0.25, -0.2) is 9.97 Å². The molecule has 2 aromatic heterocycles. The number of benzene rings is 1. The summed E-state index contributed by atoms with van der Waals surface area (Å²) in [6.07, 6.45) is -7.78. The molecule has 2 atom stereocenters. The molecular formula is C27H29F6N7O. The standard InChI is InChI=1S/C27H29F6N7O/c1-17-14-38(15-18(2)41-17)16-22-35-23(19-5-3-6-20(13-19)26(28,29)30)37-25(36-22)40-11-9-39(10-12-40)24-21(27(31,32)33)7-4-8-34-24/h3-8,13,17-18H,9-12,14-16H2,1-2H3/t17-,18+. The minimum Gasteiger partial charge on any atom is -0.373 e. The second-order valence-electron chi connectivity index (χ2n) is 10.3. The molecule has 2 aliphatic rings. The van der Waals surface area contributed by atoms with Gasteiger partial charge in [0.05, 0.1) is 29.9 Å². The van der Waals surface area contributed by atoms with Crippen molar-refractivity contribution in [1.29, 1.82) is 0 Å². The predicted molar refractivity (Wildman–Crippen MR) is 139 cm³/mol. The van der Waals surface area contributed by atoms with Gasteiger partial charge in [-0.1, -0.05) is 12.1 Å².